The summed E-state index contributed by atoms with van der Waals surface area (Å²) < 4.78 is 11.0. The molecule has 0 aliphatic carbocycles. The Labute approximate surface area is 139 Å². The molecule has 1 aliphatic heterocycles. The van der Waals surface area contributed by atoms with Crippen molar-refractivity contribution in [1.29, 1.82) is 0 Å². The molecule has 1 aromatic carbocycles. The summed E-state index contributed by atoms with van der Waals surface area (Å²) in [5, 5.41) is 14.9. The van der Waals surface area contributed by atoms with Crippen molar-refractivity contribution < 1.29 is 14.2 Å². The minimum absolute atomic E-state index is 0.111. The van der Waals surface area contributed by atoms with Crippen LogP contribution in [0.2, 0.25) is 0 Å². The van der Waals surface area contributed by atoms with E-state index in [2.05, 4.69) is 17.1 Å². The summed E-state index contributed by atoms with van der Waals surface area (Å²) in [6, 6.07) is 4.50. The third kappa shape index (κ3) is 3.53. The van der Waals surface area contributed by atoms with Gasteiger partial charge in [-0.3, -0.25) is 10.1 Å². The first-order valence-corrected chi connectivity index (χ1v) is 8.05. The number of ether oxygens (including phenoxy) is 1. The highest BCUT2D eigenvalue weighted by Crippen LogP contribution is 2.29. The Morgan fingerprint density at radius 1 is 1.46 bits per heavy atom. The lowest BCUT2D eigenvalue weighted by molar-refractivity contribution is -0.383. The van der Waals surface area contributed by atoms with Crippen LogP contribution in [0.3, 0.4) is 0 Å². The average Bonchev–Trinajstić information content (AvgIpc) is 3.03. The number of nitro benzene ring substituents is 1. The molecule has 2 N–H and O–H groups in total. The molecule has 8 nitrogen and oxygen atoms in total. The number of nitro groups is 1. The third-order valence-corrected chi connectivity index (χ3v) is 4.35. The molecule has 2 aromatic rings. The summed E-state index contributed by atoms with van der Waals surface area (Å²) in [6.45, 7) is 2.88. The smallest absolute Gasteiger partial charge is 0.292 e. The average molecular weight is 332 g/mol. The largest absolute Gasteiger partial charge is 0.393 e. The second-order valence-electron chi connectivity index (χ2n) is 6.04. The van der Waals surface area contributed by atoms with Gasteiger partial charge >= 0.3 is 0 Å². The SMILES string of the molecule is CCC1CC(Cc2nc(-c3ccc(N)c([N+](=O)[O-])c3)no2)CCO1. The molecule has 8 heteroatoms. The van der Waals surface area contributed by atoms with Crippen molar-refractivity contribution >= 4 is 11.4 Å². The monoisotopic (exact) mass is 332 g/mol. The Morgan fingerprint density at radius 2 is 2.29 bits per heavy atom. The first-order valence-electron chi connectivity index (χ1n) is 8.05. The standard InChI is InChI=1S/C16H20N4O4/c1-2-12-7-10(5-6-23-12)8-15-18-16(19-24-15)11-3-4-13(17)14(9-11)20(21)22/h3-4,9-10,12H,2,5-8,17H2,1H3. The summed E-state index contributed by atoms with van der Waals surface area (Å²) in [7, 11) is 0. The number of nitrogen functional groups attached to an aromatic ring is 1. The number of hydrogen-bond donors (Lipinski definition) is 1. The highest BCUT2D eigenvalue weighted by Gasteiger charge is 2.24. The molecule has 0 spiro atoms. The van der Waals surface area contributed by atoms with Gasteiger partial charge in [-0.05, 0) is 37.3 Å². The maximum Gasteiger partial charge on any atom is 0.292 e. The first-order chi connectivity index (χ1) is 11.6. The van der Waals surface area contributed by atoms with Crippen LogP contribution in [0.25, 0.3) is 11.4 Å². The summed E-state index contributed by atoms with van der Waals surface area (Å²) in [4.78, 5) is 14.8. The van der Waals surface area contributed by atoms with Crippen LogP contribution in [-0.2, 0) is 11.2 Å². The van der Waals surface area contributed by atoms with Crippen LogP contribution in [0, 0.1) is 16.0 Å². The molecular weight excluding hydrogens is 312 g/mol. The Kier molecular flexibility index (Phi) is 4.75. The van der Waals surface area contributed by atoms with E-state index in [-0.39, 0.29) is 11.4 Å². The van der Waals surface area contributed by atoms with Gasteiger partial charge in [0.1, 0.15) is 5.69 Å². The second kappa shape index (κ2) is 6.96. The van der Waals surface area contributed by atoms with Gasteiger partial charge < -0.3 is 15.0 Å². The van der Waals surface area contributed by atoms with Gasteiger partial charge in [-0.15, -0.1) is 0 Å². The van der Waals surface area contributed by atoms with Gasteiger partial charge in [-0.2, -0.15) is 4.98 Å². The molecule has 0 bridgehead atoms. The lowest BCUT2D eigenvalue weighted by Crippen LogP contribution is -2.26. The zero-order valence-corrected chi connectivity index (χ0v) is 13.5. The molecule has 1 aliphatic rings. The Bertz CT molecular complexity index is 731. The van der Waals surface area contributed by atoms with E-state index >= 15 is 0 Å². The molecule has 3 rings (SSSR count). The normalized spacial score (nSPS) is 20.9. The van der Waals surface area contributed by atoms with Crippen LogP contribution < -0.4 is 5.73 Å². The Balaban J connectivity index is 1.74. The molecule has 128 valence electrons. The van der Waals surface area contributed by atoms with Crippen LogP contribution in [0.4, 0.5) is 11.4 Å². The van der Waals surface area contributed by atoms with Crippen LogP contribution in [-0.4, -0.2) is 27.8 Å². The maximum absolute atomic E-state index is 11.0. The Hall–Kier alpha value is -2.48. The van der Waals surface area contributed by atoms with E-state index < -0.39 is 4.92 Å². The van der Waals surface area contributed by atoms with Gasteiger partial charge in [0.25, 0.3) is 5.69 Å². The molecular formula is C16H20N4O4. The highest BCUT2D eigenvalue weighted by molar-refractivity contribution is 5.68. The predicted octanol–water partition coefficient (Wildman–Crippen LogP) is 2.97. The second-order valence-corrected chi connectivity index (χ2v) is 6.04. The quantitative estimate of drug-likeness (QED) is 0.508. The molecule has 24 heavy (non-hydrogen) atoms. The van der Waals surface area contributed by atoms with Gasteiger partial charge in [0.05, 0.1) is 11.0 Å². The summed E-state index contributed by atoms with van der Waals surface area (Å²) >= 11 is 0. The van der Waals surface area contributed by atoms with E-state index in [0.29, 0.717) is 35.7 Å². The molecule has 1 saturated heterocycles. The van der Waals surface area contributed by atoms with Crippen molar-refractivity contribution in [3.05, 3.63) is 34.2 Å². The number of nitrogens with two attached hydrogens (primary N) is 1. The van der Waals surface area contributed by atoms with Crippen molar-refractivity contribution in [3.8, 4) is 11.4 Å². The van der Waals surface area contributed by atoms with Crippen LogP contribution >= 0.6 is 0 Å². The highest BCUT2D eigenvalue weighted by atomic mass is 16.6. The number of benzene rings is 1. The third-order valence-electron chi connectivity index (χ3n) is 4.35. The Morgan fingerprint density at radius 3 is 3.04 bits per heavy atom. The van der Waals surface area contributed by atoms with Crippen molar-refractivity contribution in [2.75, 3.05) is 12.3 Å². The topological polar surface area (TPSA) is 117 Å². The maximum atomic E-state index is 11.0. The number of rotatable bonds is 5. The fraction of sp³-hybridized carbons (Fsp3) is 0.500. The molecule has 0 saturated carbocycles. The van der Waals surface area contributed by atoms with Crippen molar-refractivity contribution in [2.24, 2.45) is 5.92 Å². The molecule has 1 aromatic heterocycles. The van der Waals surface area contributed by atoms with E-state index in [1.165, 1.54) is 12.1 Å². The van der Waals surface area contributed by atoms with Crippen LogP contribution in [0.1, 0.15) is 32.1 Å². The van der Waals surface area contributed by atoms with E-state index in [4.69, 9.17) is 15.0 Å². The van der Waals surface area contributed by atoms with E-state index in [1.54, 1.807) is 6.07 Å². The lowest BCUT2D eigenvalue weighted by Gasteiger charge is -2.27. The van der Waals surface area contributed by atoms with Gasteiger partial charge in [-0.1, -0.05) is 12.1 Å². The fourth-order valence-electron chi connectivity index (χ4n) is 2.97. The fourth-order valence-corrected chi connectivity index (χ4v) is 2.97. The van der Waals surface area contributed by atoms with Crippen molar-refractivity contribution in [3.63, 3.8) is 0 Å². The van der Waals surface area contributed by atoms with Crippen LogP contribution in [0.15, 0.2) is 22.7 Å². The minimum Gasteiger partial charge on any atom is -0.393 e. The van der Waals surface area contributed by atoms with E-state index in [1.807, 2.05) is 0 Å². The molecule has 2 heterocycles. The molecule has 1 fully saturated rings. The molecule has 2 unspecified atom stereocenters. The summed E-state index contributed by atoms with van der Waals surface area (Å²) in [5.74, 6) is 1.34. The first kappa shape index (κ1) is 16.4. The number of nitrogens with zero attached hydrogens (tertiary/aromatic N) is 3. The van der Waals surface area contributed by atoms with Gasteiger partial charge in [0.15, 0.2) is 0 Å². The molecule has 0 amide bonds. The number of aromatic nitrogens is 2. The van der Waals surface area contributed by atoms with Crippen molar-refractivity contribution in [1.82, 2.24) is 10.1 Å². The summed E-state index contributed by atoms with van der Waals surface area (Å²) in [6.07, 6.45) is 3.96. The predicted molar refractivity (Wildman–Crippen MR) is 87.3 cm³/mol. The van der Waals surface area contributed by atoms with Crippen molar-refractivity contribution in [2.45, 2.75) is 38.7 Å². The zero-order chi connectivity index (χ0) is 17.1. The van der Waals surface area contributed by atoms with Gasteiger partial charge in [-0.25, -0.2) is 0 Å². The van der Waals surface area contributed by atoms with Gasteiger partial charge in [0.2, 0.25) is 11.7 Å². The lowest BCUT2D eigenvalue weighted by atomic mass is 9.91. The number of hydrogen-bond acceptors (Lipinski definition) is 7. The number of anilines is 1. The minimum atomic E-state index is -0.521. The van der Waals surface area contributed by atoms with Crippen LogP contribution in [0.5, 0.6) is 0 Å². The van der Waals surface area contributed by atoms with E-state index in [0.717, 1.165) is 25.9 Å². The molecule has 0 radical (unpaired) electrons. The van der Waals surface area contributed by atoms with Gasteiger partial charge in [0, 0.05) is 24.7 Å². The van der Waals surface area contributed by atoms with E-state index in [9.17, 15) is 10.1 Å². The molecule has 2 atom stereocenters. The summed E-state index contributed by atoms with van der Waals surface area (Å²) in [5.41, 5.74) is 6.08. The zero-order valence-electron chi connectivity index (χ0n) is 13.5.